The maximum absolute atomic E-state index is 11.3. The number of nitro groups is 1. The van der Waals surface area contributed by atoms with Gasteiger partial charge in [-0.3, -0.25) is 14.9 Å². The lowest BCUT2D eigenvalue weighted by atomic mass is 10.2. The van der Waals surface area contributed by atoms with Crippen molar-refractivity contribution in [2.45, 2.75) is 6.92 Å². The van der Waals surface area contributed by atoms with Crippen molar-refractivity contribution in [1.29, 1.82) is 0 Å². The molecule has 0 fully saturated rings. The number of hydrogen-bond donors (Lipinski definition) is 1. The van der Waals surface area contributed by atoms with E-state index in [0.29, 0.717) is 12.4 Å². The molecule has 0 atom stereocenters. The lowest BCUT2D eigenvalue weighted by Gasteiger charge is -2.03. The fraction of sp³-hybridized carbons (Fsp3) is 0.214. The number of ether oxygens (including phenoxy) is 1. The second kappa shape index (κ2) is 7.73. The van der Waals surface area contributed by atoms with Crippen molar-refractivity contribution in [3.63, 3.8) is 0 Å². The molecule has 1 aromatic rings. The van der Waals surface area contributed by atoms with E-state index < -0.39 is 4.92 Å². The van der Waals surface area contributed by atoms with Crippen LogP contribution >= 0.6 is 0 Å². The van der Waals surface area contributed by atoms with Crippen LogP contribution in [0.2, 0.25) is 0 Å². The van der Waals surface area contributed by atoms with Crippen LogP contribution in [-0.4, -0.2) is 24.5 Å². The van der Waals surface area contributed by atoms with E-state index in [1.807, 2.05) is 6.92 Å². The van der Waals surface area contributed by atoms with Crippen LogP contribution in [-0.2, 0) is 9.53 Å². The Labute approximate surface area is 116 Å². The average Bonchev–Trinajstić information content (AvgIpc) is 2.45. The SMILES string of the molecule is CCOC(C=Cc1ccc([N+](=O)[O-])cc1)=CC(=O)NC. The zero-order valence-electron chi connectivity index (χ0n) is 11.3. The molecule has 20 heavy (non-hydrogen) atoms. The van der Waals surface area contributed by atoms with Gasteiger partial charge in [0.15, 0.2) is 0 Å². The van der Waals surface area contributed by atoms with Gasteiger partial charge < -0.3 is 10.1 Å². The fourth-order valence-corrected chi connectivity index (χ4v) is 1.39. The molecule has 106 valence electrons. The van der Waals surface area contributed by atoms with E-state index in [4.69, 9.17) is 4.74 Å². The summed E-state index contributed by atoms with van der Waals surface area (Å²) >= 11 is 0. The van der Waals surface area contributed by atoms with Gasteiger partial charge in [-0.1, -0.05) is 6.08 Å². The Morgan fingerprint density at radius 3 is 2.55 bits per heavy atom. The topological polar surface area (TPSA) is 81.5 Å². The number of carbonyl (C=O) groups is 1. The number of nitrogens with one attached hydrogen (secondary N) is 1. The summed E-state index contributed by atoms with van der Waals surface area (Å²) in [6.07, 6.45) is 4.69. The van der Waals surface area contributed by atoms with Gasteiger partial charge in [0.1, 0.15) is 5.76 Å². The summed E-state index contributed by atoms with van der Waals surface area (Å²) < 4.78 is 5.30. The van der Waals surface area contributed by atoms with Gasteiger partial charge in [0, 0.05) is 25.3 Å². The van der Waals surface area contributed by atoms with E-state index >= 15 is 0 Å². The maximum atomic E-state index is 11.3. The Hall–Kier alpha value is -2.63. The smallest absolute Gasteiger partial charge is 0.269 e. The van der Waals surface area contributed by atoms with E-state index in [9.17, 15) is 14.9 Å². The highest BCUT2D eigenvalue weighted by Gasteiger charge is 2.02. The van der Waals surface area contributed by atoms with Gasteiger partial charge in [-0.25, -0.2) is 0 Å². The zero-order chi connectivity index (χ0) is 15.0. The Bertz CT molecular complexity index is 533. The molecule has 0 aliphatic heterocycles. The molecule has 0 saturated carbocycles. The van der Waals surface area contributed by atoms with Crippen LogP contribution in [0.25, 0.3) is 6.08 Å². The normalized spacial score (nSPS) is 11.4. The lowest BCUT2D eigenvalue weighted by molar-refractivity contribution is -0.384. The van der Waals surface area contributed by atoms with Gasteiger partial charge in [-0.15, -0.1) is 0 Å². The summed E-state index contributed by atoms with van der Waals surface area (Å²) in [4.78, 5) is 21.3. The summed E-state index contributed by atoms with van der Waals surface area (Å²) in [6.45, 7) is 2.25. The summed E-state index contributed by atoms with van der Waals surface area (Å²) in [6, 6.07) is 6.08. The third-order valence-corrected chi connectivity index (χ3v) is 2.37. The molecule has 0 spiro atoms. The van der Waals surface area contributed by atoms with Gasteiger partial charge in [0.2, 0.25) is 5.91 Å². The lowest BCUT2D eigenvalue weighted by Crippen LogP contribution is -2.15. The summed E-state index contributed by atoms with van der Waals surface area (Å²) in [5.41, 5.74) is 0.811. The highest BCUT2D eigenvalue weighted by atomic mass is 16.6. The minimum Gasteiger partial charge on any atom is -0.494 e. The number of non-ortho nitro benzene ring substituents is 1. The van der Waals surface area contributed by atoms with Gasteiger partial charge in [-0.05, 0) is 30.7 Å². The van der Waals surface area contributed by atoms with Crippen LogP contribution in [0.4, 0.5) is 5.69 Å². The van der Waals surface area contributed by atoms with Crippen LogP contribution in [0.1, 0.15) is 12.5 Å². The molecule has 0 saturated heterocycles. The molecule has 1 aromatic carbocycles. The minimum absolute atomic E-state index is 0.0353. The predicted molar refractivity (Wildman–Crippen MR) is 75.9 cm³/mol. The average molecular weight is 276 g/mol. The predicted octanol–water partition coefficient (Wildman–Crippen LogP) is 2.27. The number of allylic oxidation sites excluding steroid dienone is 1. The number of hydrogen-bond acceptors (Lipinski definition) is 4. The molecule has 0 heterocycles. The Morgan fingerprint density at radius 1 is 1.40 bits per heavy atom. The molecule has 0 aliphatic rings. The van der Waals surface area contributed by atoms with E-state index in [0.717, 1.165) is 5.56 Å². The van der Waals surface area contributed by atoms with Crippen LogP contribution < -0.4 is 5.32 Å². The Balaban J connectivity index is 2.84. The first kappa shape index (κ1) is 15.4. The number of likely N-dealkylation sites (N-methyl/N-ethyl adjacent to an activating group) is 1. The van der Waals surface area contributed by atoms with Crippen LogP contribution in [0, 0.1) is 10.1 Å². The molecule has 1 amide bonds. The van der Waals surface area contributed by atoms with E-state index in [1.165, 1.54) is 25.3 Å². The highest BCUT2D eigenvalue weighted by molar-refractivity contribution is 5.88. The summed E-state index contributed by atoms with van der Waals surface area (Å²) in [7, 11) is 1.53. The second-order valence-electron chi connectivity index (χ2n) is 3.78. The Kier molecular flexibility index (Phi) is 5.96. The van der Waals surface area contributed by atoms with E-state index in [-0.39, 0.29) is 11.6 Å². The quantitative estimate of drug-likeness (QED) is 0.284. The molecule has 6 heteroatoms. The molecule has 1 rings (SSSR count). The third kappa shape index (κ3) is 4.93. The van der Waals surface area contributed by atoms with Gasteiger partial charge in [0.25, 0.3) is 5.69 Å². The standard InChI is InChI=1S/C14H16N2O4/c1-3-20-13(10-14(17)15-2)9-6-11-4-7-12(8-5-11)16(18)19/h4-10H,3H2,1-2H3,(H,15,17). The van der Waals surface area contributed by atoms with Crippen molar-refractivity contribution in [3.8, 4) is 0 Å². The van der Waals surface area contributed by atoms with Crippen molar-refractivity contribution < 1.29 is 14.5 Å². The Morgan fingerprint density at radius 2 is 2.05 bits per heavy atom. The van der Waals surface area contributed by atoms with Gasteiger partial charge in [0.05, 0.1) is 11.5 Å². The first-order valence-electron chi connectivity index (χ1n) is 6.05. The molecule has 0 radical (unpaired) electrons. The first-order chi connectivity index (χ1) is 9.56. The van der Waals surface area contributed by atoms with Crippen LogP contribution in [0.3, 0.4) is 0 Å². The van der Waals surface area contributed by atoms with Crippen molar-refractivity contribution in [2.24, 2.45) is 0 Å². The maximum Gasteiger partial charge on any atom is 0.269 e. The first-order valence-corrected chi connectivity index (χ1v) is 6.05. The zero-order valence-corrected chi connectivity index (χ0v) is 11.3. The molecule has 1 N–H and O–H groups in total. The summed E-state index contributed by atoms with van der Waals surface area (Å²) in [5.74, 6) is 0.159. The van der Waals surface area contributed by atoms with Crippen LogP contribution in [0.5, 0.6) is 0 Å². The molecule has 0 bridgehead atoms. The van der Waals surface area contributed by atoms with Gasteiger partial charge in [-0.2, -0.15) is 0 Å². The fourth-order valence-electron chi connectivity index (χ4n) is 1.39. The molecule has 0 aliphatic carbocycles. The number of nitrogens with zero attached hydrogens (tertiary/aromatic N) is 1. The van der Waals surface area contributed by atoms with E-state index in [2.05, 4.69) is 5.32 Å². The van der Waals surface area contributed by atoms with Crippen LogP contribution in [0.15, 0.2) is 42.2 Å². The van der Waals surface area contributed by atoms with Crippen molar-refractivity contribution >= 4 is 17.7 Å². The van der Waals surface area contributed by atoms with Crippen molar-refractivity contribution in [1.82, 2.24) is 5.32 Å². The second-order valence-corrected chi connectivity index (χ2v) is 3.78. The van der Waals surface area contributed by atoms with Crippen molar-refractivity contribution in [2.75, 3.05) is 13.7 Å². The molecule has 0 unspecified atom stereocenters. The number of carbonyl (C=O) groups excluding carboxylic acids is 1. The number of benzene rings is 1. The number of nitro benzene ring substituents is 1. The van der Waals surface area contributed by atoms with E-state index in [1.54, 1.807) is 24.3 Å². The van der Waals surface area contributed by atoms with Crippen molar-refractivity contribution in [3.05, 3.63) is 57.9 Å². The molecular weight excluding hydrogens is 260 g/mol. The summed E-state index contributed by atoms with van der Waals surface area (Å²) in [5, 5.41) is 13.0. The molecule has 0 aromatic heterocycles. The van der Waals surface area contributed by atoms with Gasteiger partial charge >= 0.3 is 0 Å². The number of amides is 1. The minimum atomic E-state index is -0.454. The molecule has 6 nitrogen and oxygen atoms in total. The largest absolute Gasteiger partial charge is 0.494 e. The third-order valence-electron chi connectivity index (χ3n) is 2.37. The number of rotatable bonds is 6. The molecular formula is C14H16N2O4. The highest BCUT2D eigenvalue weighted by Crippen LogP contribution is 2.13. The monoisotopic (exact) mass is 276 g/mol.